The summed E-state index contributed by atoms with van der Waals surface area (Å²) in [6.45, 7) is 10.1. The van der Waals surface area contributed by atoms with Crippen LogP contribution in [0.2, 0.25) is 0 Å². The third-order valence-electron chi connectivity index (χ3n) is 5.00. The summed E-state index contributed by atoms with van der Waals surface area (Å²) >= 11 is 5.27. The van der Waals surface area contributed by atoms with E-state index in [1.165, 1.54) is 6.20 Å². The van der Waals surface area contributed by atoms with Gasteiger partial charge in [0.1, 0.15) is 17.2 Å². The highest BCUT2D eigenvalue weighted by molar-refractivity contribution is 7.71. The minimum absolute atomic E-state index is 0.0221. The van der Waals surface area contributed by atoms with Crippen molar-refractivity contribution in [2.24, 2.45) is 0 Å². The van der Waals surface area contributed by atoms with Crippen LogP contribution in [0.15, 0.2) is 17.1 Å². The van der Waals surface area contributed by atoms with Gasteiger partial charge in [-0.15, -0.1) is 0 Å². The minimum Gasteiger partial charge on any atom is -0.480 e. The molecule has 0 saturated carbocycles. The minimum atomic E-state index is -1.21. The maximum atomic E-state index is 12.9. The Bertz CT molecular complexity index is 1190. The molecule has 0 aliphatic carbocycles. The van der Waals surface area contributed by atoms with Gasteiger partial charge in [-0.1, -0.05) is 0 Å². The second-order valence-corrected chi connectivity index (χ2v) is 9.90. The number of fused-ring (bicyclic) bond motifs is 1. The van der Waals surface area contributed by atoms with Crippen molar-refractivity contribution in [3.05, 3.63) is 27.4 Å². The Morgan fingerprint density at radius 3 is 2.53 bits per heavy atom. The molecule has 0 fully saturated rings. The lowest BCUT2D eigenvalue weighted by Crippen LogP contribution is -2.43. The fourth-order valence-electron chi connectivity index (χ4n) is 3.42. The standard InChI is InChI=1S/C23H35N5O7S/c1-14(2)34-13-12-27-16-9-11-28(17(16)18(29)26-21(27)36)20(32)25-15(19(30)31)8-6-7-10-24-22(33)35-23(3,4)5/h9,11,14-15H,6-8,10,12-13H2,1-5H3,(H,24,33)(H,25,32)(H,30,31)(H,26,29,36)/t15-/m0/s1. The number of aliphatic carboxylic acids is 1. The van der Waals surface area contributed by atoms with Crippen molar-refractivity contribution in [2.45, 2.75) is 78.2 Å². The fourth-order valence-corrected chi connectivity index (χ4v) is 3.71. The Kier molecular flexibility index (Phi) is 10.2. The summed E-state index contributed by atoms with van der Waals surface area (Å²) in [6.07, 6.45) is 1.92. The summed E-state index contributed by atoms with van der Waals surface area (Å²) in [5.74, 6) is -1.21. The number of hydrogen-bond acceptors (Lipinski definition) is 7. The molecule has 13 heteroatoms. The van der Waals surface area contributed by atoms with E-state index in [1.54, 1.807) is 31.4 Å². The van der Waals surface area contributed by atoms with E-state index in [9.17, 15) is 24.3 Å². The summed E-state index contributed by atoms with van der Waals surface area (Å²) in [7, 11) is 0. The lowest BCUT2D eigenvalue weighted by molar-refractivity contribution is -0.139. The zero-order chi connectivity index (χ0) is 27.0. The highest BCUT2D eigenvalue weighted by Crippen LogP contribution is 2.13. The van der Waals surface area contributed by atoms with E-state index in [1.807, 2.05) is 13.8 Å². The first-order valence-electron chi connectivity index (χ1n) is 11.8. The van der Waals surface area contributed by atoms with Gasteiger partial charge in [0, 0.05) is 19.3 Å². The normalized spacial score (nSPS) is 12.5. The SMILES string of the molecule is CC(C)OCCn1c(=S)[nH]c(=O)c2c1ccn2C(=O)N[C@@H](CCCCNC(=O)OC(C)(C)C)C(=O)O. The molecule has 36 heavy (non-hydrogen) atoms. The molecular formula is C23H35N5O7S. The van der Waals surface area contributed by atoms with Crippen LogP contribution in [-0.4, -0.2) is 68.2 Å². The first kappa shape index (κ1) is 29.0. The van der Waals surface area contributed by atoms with E-state index in [0.29, 0.717) is 38.1 Å². The van der Waals surface area contributed by atoms with Gasteiger partial charge < -0.3 is 29.8 Å². The Hall–Kier alpha value is -3.19. The van der Waals surface area contributed by atoms with Crippen molar-refractivity contribution < 1.29 is 29.0 Å². The number of carboxylic acids is 1. The lowest BCUT2D eigenvalue weighted by atomic mass is 10.1. The Balaban J connectivity index is 2.05. The maximum Gasteiger partial charge on any atom is 0.407 e. The predicted molar refractivity (Wildman–Crippen MR) is 136 cm³/mol. The van der Waals surface area contributed by atoms with E-state index in [-0.39, 0.29) is 22.8 Å². The van der Waals surface area contributed by atoms with Crippen molar-refractivity contribution in [3.8, 4) is 0 Å². The monoisotopic (exact) mass is 525 g/mol. The Morgan fingerprint density at radius 1 is 1.22 bits per heavy atom. The van der Waals surface area contributed by atoms with Crippen LogP contribution < -0.4 is 16.2 Å². The van der Waals surface area contributed by atoms with E-state index in [2.05, 4.69) is 15.6 Å². The Morgan fingerprint density at radius 2 is 1.92 bits per heavy atom. The van der Waals surface area contributed by atoms with Crippen LogP contribution in [0.4, 0.5) is 9.59 Å². The van der Waals surface area contributed by atoms with Gasteiger partial charge in [0.15, 0.2) is 4.77 Å². The molecule has 0 aliphatic rings. The molecule has 0 aromatic carbocycles. The van der Waals surface area contributed by atoms with Crippen molar-refractivity contribution >= 4 is 41.3 Å². The highest BCUT2D eigenvalue weighted by Gasteiger charge is 2.23. The molecule has 0 saturated heterocycles. The van der Waals surface area contributed by atoms with E-state index >= 15 is 0 Å². The summed E-state index contributed by atoms with van der Waals surface area (Å²) in [5, 5.41) is 14.6. The first-order valence-corrected chi connectivity index (χ1v) is 12.2. The number of aromatic nitrogens is 3. The number of rotatable bonds is 11. The Labute approximate surface area is 214 Å². The van der Waals surface area contributed by atoms with Crippen LogP contribution in [0.5, 0.6) is 0 Å². The number of aromatic amines is 1. The molecule has 2 rings (SSSR count). The van der Waals surface area contributed by atoms with Gasteiger partial charge in [0.2, 0.25) is 0 Å². The third kappa shape index (κ3) is 8.48. The van der Waals surface area contributed by atoms with Gasteiger partial charge >= 0.3 is 18.1 Å². The second kappa shape index (κ2) is 12.7. The molecule has 4 N–H and O–H groups in total. The molecule has 200 valence electrons. The molecule has 2 amide bonds. The van der Waals surface area contributed by atoms with Crippen molar-refractivity contribution in [1.29, 1.82) is 0 Å². The molecule has 1 atom stereocenters. The number of nitrogens with zero attached hydrogens (tertiary/aromatic N) is 2. The summed E-state index contributed by atoms with van der Waals surface area (Å²) < 4.78 is 13.6. The molecule has 2 aromatic rings. The molecule has 0 radical (unpaired) electrons. The summed E-state index contributed by atoms with van der Waals surface area (Å²) in [5.41, 5.74) is -0.680. The van der Waals surface area contributed by atoms with Gasteiger partial charge in [-0.05, 0) is 72.2 Å². The van der Waals surface area contributed by atoms with Gasteiger partial charge in [0.25, 0.3) is 5.56 Å². The molecule has 2 heterocycles. The third-order valence-corrected chi connectivity index (χ3v) is 5.33. The number of amides is 2. The van der Waals surface area contributed by atoms with Gasteiger partial charge in [-0.3, -0.25) is 14.3 Å². The van der Waals surface area contributed by atoms with Crippen molar-refractivity contribution in [3.63, 3.8) is 0 Å². The van der Waals surface area contributed by atoms with Gasteiger partial charge in [-0.2, -0.15) is 0 Å². The van der Waals surface area contributed by atoms with Crippen LogP contribution in [0.1, 0.15) is 53.9 Å². The quantitative estimate of drug-likeness (QED) is 0.258. The van der Waals surface area contributed by atoms with Crippen LogP contribution >= 0.6 is 12.2 Å². The number of nitrogens with one attached hydrogen (secondary N) is 3. The average Bonchev–Trinajstić information content (AvgIpc) is 3.19. The van der Waals surface area contributed by atoms with E-state index < -0.39 is 35.3 Å². The molecule has 0 aliphatic heterocycles. The highest BCUT2D eigenvalue weighted by atomic mass is 32.1. The number of unbranched alkanes of at least 4 members (excludes halogenated alkanes) is 1. The maximum absolute atomic E-state index is 12.9. The molecule has 12 nitrogen and oxygen atoms in total. The summed E-state index contributed by atoms with van der Waals surface area (Å²) in [4.78, 5) is 51.5. The average molecular weight is 526 g/mol. The number of carboxylic acid groups (broad SMARTS) is 1. The first-order chi connectivity index (χ1) is 16.8. The fraction of sp³-hybridized carbons (Fsp3) is 0.609. The number of hydrogen-bond donors (Lipinski definition) is 4. The largest absolute Gasteiger partial charge is 0.480 e. The molecule has 2 aromatic heterocycles. The van der Waals surface area contributed by atoms with Crippen molar-refractivity contribution in [2.75, 3.05) is 13.2 Å². The van der Waals surface area contributed by atoms with E-state index in [4.69, 9.17) is 21.7 Å². The number of carbonyl (C=O) groups is 3. The number of alkyl carbamates (subject to hydrolysis) is 1. The zero-order valence-electron chi connectivity index (χ0n) is 21.3. The van der Waals surface area contributed by atoms with E-state index in [0.717, 1.165) is 4.57 Å². The molecule has 0 bridgehead atoms. The van der Waals surface area contributed by atoms with Crippen LogP contribution in [-0.2, 0) is 20.8 Å². The van der Waals surface area contributed by atoms with Gasteiger partial charge in [0.05, 0.1) is 18.2 Å². The number of H-pyrrole nitrogens is 1. The number of ether oxygens (including phenoxy) is 2. The zero-order valence-corrected chi connectivity index (χ0v) is 22.1. The summed E-state index contributed by atoms with van der Waals surface area (Å²) in [6, 6.07) is -0.356. The van der Waals surface area contributed by atoms with Crippen molar-refractivity contribution in [1.82, 2.24) is 24.8 Å². The molecule has 0 unspecified atom stereocenters. The predicted octanol–water partition coefficient (Wildman–Crippen LogP) is 2.99. The molecule has 0 spiro atoms. The van der Waals surface area contributed by atoms with Crippen LogP contribution in [0, 0.1) is 4.77 Å². The smallest absolute Gasteiger partial charge is 0.407 e. The second-order valence-electron chi connectivity index (χ2n) is 9.51. The topological polar surface area (TPSA) is 157 Å². The molecular weight excluding hydrogens is 490 g/mol. The van der Waals surface area contributed by atoms with Gasteiger partial charge in [-0.25, -0.2) is 14.4 Å². The van der Waals surface area contributed by atoms with Crippen LogP contribution in [0.3, 0.4) is 0 Å². The van der Waals surface area contributed by atoms with Crippen LogP contribution in [0.25, 0.3) is 11.0 Å². The number of carbonyl (C=O) groups excluding carboxylic acids is 2. The lowest BCUT2D eigenvalue weighted by Gasteiger charge is -2.19.